The molecule has 5 nitrogen and oxygen atoms in total. The molecule has 0 atom stereocenters. The Morgan fingerprint density at radius 1 is 1.06 bits per heavy atom. The molecule has 4 aliphatic carbocycles. The summed E-state index contributed by atoms with van der Waals surface area (Å²) in [5.74, 6) is 2.54. The van der Waals surface area contributed by atoms with Crippen molar-refractivity contribution in [3.8, 4) is 16.9 Å². The topological polar surface area (TPSA) is 64.6 Å². The Balaban J connectivity index is 1.45. The maximum absolute atomic E-state index is 13.6. The van der Waals surface area contributed by atoms with Crippen LogP contribution in [0.2, 0.25) is 0 Å². The number of carbonyl (C=O) groups is 2. The molecule has 31 heavy (non-hydrogen) atoms. The van der Waals surface area contributed by atoms with Crippen molar-refractivity contribution >= 4 is 28.2 Å². The number of anilines is 1. The Morgan fingerprint density at radius 3 is 2.23 bits per heavy atom. The number of nitrogens with one attached hydrogen (secondary N) is 1. The van der Waals surface area contributed by atoms with Gasteiger partial charge in [0, 0.05) is 10.9 Å². The van der Waals surface area contributed by atoms with Crippen molar-refractivity contribution < 1.29 is 19.1 Å². The number of rotatable bonds is 6. The second-order valence-electron chi connectivity index (χ2n) is 9.45. The lowest BCUT2D eigenvalue weighted by atomic mass is 9.49. The van der Waals surface area contributed by atoms with Crippen LogP contribution in [0.25, 0.3) is 11.1 Å². The molecule has 4 fully saturated rings. The molecule has 1 heterocycles. The van der Waals surface area contributed by atoms with E-state index in [0.717, 1.165) is 36.1 Å². The van der Waals surface area contributed by atoms with Gasteiger partial charge in [0.2, 0.25) is 5.91 Å². The van der Waals surface area contributed by atoms with Crippen LogP contribution in [-0.2, 0) is 9.53 Å². The molecule has 1 N–H and O–H groups in total. The quantitative estimate of drug-likeness (QED) is 0.582. The summed E-state index contributed by atoms with van der Waals surface area (Å²) in [7, 11) is 1.63. The van der Waals surface area contributed by atoms with E-state index < -0.39 is 5.97 Å². The van der Waals surface area contributed by atoms with Crippen molar-refractivity contribution in [3.63, 3.8) is 0 Å². The first kappa shape index (κ1) is 20.6. The van der Waals surface area contributed by atoms with Crippen LogP contribution in [-0.4, -0.2) is 25.6 Å². The first-order valence-corrected chi connectivity index (χ1v) is 12.1. The lowest BCUT2D eigenvalue weighted by Crippen LogP contribution is -2.51. The molecule has 1 aromatic carbocycles. The van der Waals surface area contributed by atoms with Gasteiger partial charge in [0.05, 0.1) is 19.1 Å². The fourth-order valence-corrected chi connectivity index (χ4v) is 7.42. The number of thiophene rings is 1. The highest BCUT2D eigenvalue weighted by atomic mass is 32.1. The SMILES string of the molecule is CCOC(=O)c1c(-c2ccc(OC)cc2)csc1NC(=O)C12CC3CC(CC(C3)C1)C2. The van der Waals surface area contributed by atoms with Crippen LogP contribution in [0.3, 0.4) is 0 Å². The van der Waals surface area contributed by atoms with Crippen molar-refractivity contribution in [3.05, 3.63) is 35.2 Å². The maximum Gasteiger partial charge on any atom is 0.341 e. The molecule has 0 unspecified atom stereocenters. The van der Waals surface area contributed by atoms with Gasteiger partial charge in [-0.25, -0.2) is 4.79 Å². The predicted molar refractivity (Wildman–Crippen MR) is 121 cm³/mol. The molecule has 0 saturated heterocycles. The molecule has 0 radical (unpaired) electrons. The Kier molecular flexibility index (Phi) is 5.29. The van der Waals surface area contributed by atoms with Crippen LogP contribution in [0.15, 0.2) is 29.6 Å². The van der Waals surface area contributed by atoms with Crippen molar-refractivity contribution in [2.24, 2.45) is 23.2 Å². The molecule has 164 valence electrons. The van der Waals surface area contributed by atoms with E-state index in [4.69, 9.17) is 9.47 Å². The summed E-state index contributed by atoms with van der Waals surface area (Å²) >= 11 is 1.40. The van der Waals surface area contributed by atoms with E-state index in [1.807, 2.05) is 29.6 Å². The molecule has 4 bridgehead atoms. The summed E-state index contributed by atoms with van der Waals surface area (Å²) in [4.78, 5) is 26.4. The van der Waals surface area contributed by atoms with E-state index in [9.17, 15) is 9.59 Å². The van der Waals surface area contributed by atoms with Gasteiger partial charge >= 0.3 is 5.97 Å². The summed E-state index contributed by atoms with van der Waals surface area (Å²) in [5, 5.41) is 5.71. The maximum atomic E-state index is 13.6. The normalized spacial score (nSPS) is 28.4. The average molecular weight is 440 g/mol. The minimum Gasteiger partial charge on any atom is -0.497 e. The highest BCUT2D eigenvalue weighted by molar-refractivity contribution is 7.15. The molecule has 0 aliphatic heterocycles. The van der Waals surface area contributed by atoms with E-state index in [0.29, 0.717) is 34.9 Å². The standard InChI is InChI=1S/C25H29NO4S/c1-3-30-23(27)21-20(18-4-6-19(29-2)7-5-18)14-31-22(21)26-24(28)25-11-15-8-16(12-25)10-17(9-15)13-25/h4-7,14-17H,3,8-13H2,1-2H3,(H,26,28). The Hall–Kier alpha value is -2.34. The third-order valence-corrected chi connectivity index (χ3v) is 8.31. The highest BCUT2D eigenvalue weighted by Gasteiger charge is 2.54. The van der Waals surface area contributed by atoms with Gasteiger partial charge in [0.15, 0.2) is 0 Å². The molecule has 4 aliphatic rings. The first-order valence-electron chi connectivity index (χ1n) is 11.3. The molecule has 0 spiro atoms. The van der Waals surface area contributed by atoms with Crippen molar-refractivity contribution in [2.45, 2.75) is 45.4 Å². The van der Waals surface area contributed by atoms with Crippen molar-refractivity contribution in [1.29, 1.82) is 0 Å². The third kappa shape index (κ3) is 3.65. The van der Waals surface area contributed by atoms with Crippen LogP contribution >= 0.6 is 11.3 Å². The van der Waals surface area contributed by atoms with Crippen LogP contribution in [0, 0.1) is 23.2 Å². The van der Waals surface area contributed by atoms with Gasteiger partial charge in [-0.3, -0.25) is 4.79 Å². The summed E-state index contributed by atoms with van der Waals surface area (Å²) in [6.45, 7) is 2.09. The molecule has 6 rings (SSSR count). The van der Waals surface area contributed by atoms with Crippen LogP contribution in [0.1, 0.15) is 55.8 Å². The number of esters is 1. The molecule has 6 heteroatoms. The smallest absolute Gasteiger partial charge is 0.341 e. The molecular weight excluding hydrogens is 410 g/mol. The first-order chi connectivity index (χ1) is 15.0. The predicted octanol–water partition coefficient (Wildman–Crippen LogP) is 5.76. The number of amides is 1. The summed E-state index contributed by atoms with van der Waals surface area (Å²) in [6.07, 6.45) is 6.87. The van der Waals surface area contributed by atoms with Gasteiger partial charge in [-0.2, -0.15) is 0 Å². The second-order valence-corrected chi connectivity index (χ2v) is 10.3. The average Bonchev–Trinajstić information content (AvgIpc) is 3.16. The summed E-state index contributed by atoms with van der Waals surface area (Å²) in [5.41, 5.74) is 1.88. The Labute approximate surface area is 187 Å². The fraction of sp³-hybridized carbons (Fsp3) is 0.520. The second kappa shape index (κ2) is 7.97. The summed E-state index contributed by atoms with van der Waals surface area (Å²) < 4.78 is 10.6. The number of hydrogen-bond donors (Lipinski definition) is 1. The number of methoxy groups -OCH3 is 1. The number of benzene rings is 1. The van der Waals surface area contributed by atoms with E-state index in [2.05, 4.69) is 5.32 Å². The number of carbonyl (C=O) groups excluding carboxylic acids is 2. The Morgan fingerprint density at radius 2 is 1.68 bits per heavy atom. The minimum atomic E-state index is -0.393. The zero-order valence-electron chi connectivity index (χ0n) is 18.1. The monoisotopic (exact) mass is 439 g/mol. The molecule has 1 aromatic heterocycles. The van der Waals surface area contributed by atoms with E-state index >= 15 is 0 Å². The van der Waals surface area contributed by atoms with Gasteiger partial charge in [-0.15, -0.1) is 11.3 Å². The fourth-order valence-electron chi connectivity index (χ4n) is 6.46. The molecule has 4 saturated carbocycles. The highest BCUT2D eigenvalue weighted by Crippen LogP contribution is 2.60. The zero-order chi connectivity index (χ0) is 21.6. The van der Waals surface area contributed by atoms with Gasteiger partial charge in [-0.05, 0) is 80.9 Å². The van der Waals surface area contributed by atoms with E-state index in [-0.39, 0.29) is 11.3 Å². The summed E-state index contributed by atoms with van der Waals surface area (Å²) in [6, 6.07) is 7.59. The lowest BCUT2D eigenvalue weighted by molar-refractivity contribution is -0.140. The molecular formula is C25H29NO4S. The van der Waals surface area contributed by atoms with Crippen molar-refractivity contribution in [1.82, 2.24) is 0 Å². The Bertz CT molecular complexity index is 958. The van der Waals surface area contributed by atoms with E-state index in [1.165, 1.54) is 30.6 Å². The van der Waals surface area contributed by atoms with Crippen LogP contribution < -0.4 is 10.1 Å². The van der Waals surface area contributed by atoms with Gasteiger partial charge in [-0.1, -0.05) is 12.1 Å². The van der Waals surface area contributed by atoms with Crippen molar-refractivity contribution in [2.75, 3.05) is 19.0 Å². The van der Waals surface area contributed by atoms with E-state index in [1.54, 1.807) is 14.0 Å². The largest absolute Gasteiger partial charge is 0.497 e. The third-order valence-electron chi connectivity index (χ3n) is 7.42. The molecule has 2 aromatic rings. The minimum absolute atomic E-state index is 0.0975. The lowest BCUT2D eigenvalue weighted by Gasteiger charge is -2.55. The van der Waals surface area contributed by atoms with Crippen LogP contribution in [0.5, 0.6) is 5.75 Å². The van der Waals surface area contributed by atoms with Gasteiger partial charge in [0.25, 0.3) is 0 Å². The molecule has 1 amide bonds. The van der Waals surface area contributed by atoms with Gasteiger partial charge in [0.1, 0.15) is 16.3 Å². The van der Waals surface area contributed by atoms with Crippen LogP contribution in [0.4, 0.5) is 5.00 Å². The zero-order valence-corrected chi connectivity index (χ0v) is 18.9. The number of hydrogen-bond acceptors (Lipinski definition) is 5. The van der Waals surface area contributed by atoms with Gasteiger partial charge < -0.3 is 14.8 Å². The number of ether oxygens (including phenoxy) is 2.